The van der Waals surface area contributed by atoms with Gasteiger partial charge in [-0.05, 0) is 37.3 Å². The molecule has 8 nitrogen and oxygen atoms in total. The van der Waals surface area contributed by atoms with Crippen molar-refractivity contribution in [3.05, 3.63) is 70.5 Å². The molecule has 1 aromatic heterocycles. The van der Waals surface area contributed by atoms with Gasteiger partial charge >= 0.3 is 0 Å². The van der Waals surface area contributed by atoms with Crippen LogP contribution in [0.2, 0.25) is 0 Å². The second-order valence-corrected chi connectivity index (χ2v) is 8.40. The smallest absolute Gasteiger partial charge is 0.273 e. The van der Waals surface area contributed by atoms with Crippen LogP contribution in [0.3, 0.4) is 0 Å². The number of nitro benzene ring substituents is 1. The van der Waals surface area contributed by atoms with E-state index in [1.54, 1.807) is 30.5 Å². The molecule has 1 heterocycles. The van der Waals surface area contributed by atoms with Crippen molar-refractivity contribution in [2.75, 3.05) is 4.72 Å². The fourth-order valence-electron chi connectivity index (χ4n) is 2.45. The summed E-state index contributed by atoms with van der Waals surface area (Å²) in [6.07, 6.45) is 3.54. The van der Waals surface area contributed by atoms with Crippen molar-refractivity contribution in [3.8, 4) is 0 Å². The predicted octanol–water partition coefficient (Wildman–Crippen LogP) is 3.59. The third kappa shape index (κ3) is 4.12. The number of benzene rings is 2. The molecule has 3 rings (SSSR count). The fraction of sp³-hybridized carbons (Fsp3) is 0.118. The number of aromatic nitrogens is 2. The monoisotopic (exact) mass is 404 g/mol. The minimum absolute atomic E-state index is 0.0944. The van der Waals surface area contributed by atoms with E-state index in [9.17, 15) is 18.5 Å². The fourth-order valence-corrected chi connectivity index (χ4v) is 4.57. The lowest BCUT2D eigenvalue weighted by molar-refractivity contribution is -0.385. The number of rotatable bonds is 6. The zero-order chi connectivity index (χ0) is 19.6. The van der Waals surface area contributed by atoms with Gasteiger partial charge in [0.05, 0.1) is 9.82 Å². The summed E-state index contributed by atoms with van der Waals surface area (Å²) in [5.41, 5.74) is 0.224. The number of anilines is 1. The topological polar surface area (TPSA) is 107 Å². The van der Waals surface area contributed by atoms with Crippen molar-refractivity contribution in [1.82, 2.24) is 9.55 Å². The Balaban J connectivity index is 1.81. The van der Waals surface area contributed by atoms with Crippen LogP contribution in [0.4, 0.5) is 11.4 Å². The summed E-state index contributed by atoms with van der Waals surface area (Å²) in [6, 6.07) is 10.8. The van der Waals surface area contributed by atoms with Gasteiger partial charge in [-0.3, -0.25) is 14.8 Å². The summed E-state index contributed by atoms with van der Waals surface area (Å²) in [7, 11) is -2.06. The third-order valence-corrected chi connectivity index (χ3v) is 6.44. The van der Waals surface area contributed by atoms with E-state index in [2.05, 4.69) is 9.71 Å². The Morgan fingerprint density at radius 3 is 2.48 bits per heavy atom. The number of sulfonamides is 1. The van der Waals surface area contributed by atoms with Gasteiger partial charge in [-0.1, -0.05) is 17.8 Å². The second kappa shape index (κ2) is 7.41. The number of hydrogen-bond donors (Lipinski definition) is 1. The number of nitrogens with one attached hydrogen (secondary N) is 1. The Morgan fingerprint density at radius 1 is 1.19 bits per heavy atom. The van der Waals surface area contributed by atoms with E-state index in [-0.39, 0.29) is 16.1 Å². The van der Waals surface area contributed by atoms with Gasteiger partial charge in [0.1, 0.15) is 0 Å². The van der Waals surface area contributed by atoms with Crippen molar-refractivity contribution in [1.29, 1.82) is 0 Å². The Hall–Kier alpha value is -2.85. The molecule has 0 atom stereocenters. The third-order valence-electron chi connectivity index (χ3n) is 3.83. The molecule has 3 aromatic rings. The van der Waals surface area contributed by atoms with E-state index in [1.807, 2.05) is 17.8 Å². The summed E-state index contributed by atoms with van der Waals surface area (Å²) in [5, 5.41) is 11.8. The molecule has 27 heavy (non-hydrogen) atoms. The molecule has 0 radical (unpaired) electrons. The molecule has 1 N–H and O–H groups in total. The maximum atomic E-state index is 12.6. The first-order valence-corrected chi connectivity index (χ1v) is 10.1. The number of imidazole rings is 1. The quantitative estimate of drug-likeness (QED) is 0.497. The Bertz CT molecular complexity index is 1090. The first-order chi connectivity index (χ1) is 12.8. The molecule has 0 saturated carbocycles. The molecule has 2 aromatic carbocycles. The number of hydrogen-bond acceptors (Lipinski definition) is 6. The molecule has 0 aliphatic heterocycles. The number of nitrogens with zero attached hydrogens (tertiary/aromatic N) is 3. The molecular weight excluding hydrogens is 388 g/mol. The van der Waals surface area contributed by atoms with Gasteiger partial charge in [0.15, 0.2) is 5.16 Å². The van der Waals surface area contributed by atoms with Gasteiger partial charge in [-0.15, -0.1) is 0 Å². The van der Waals surface area contributed by atoms with E-state index < -0.39 is 14.9 Å². The van der Waals surface area contributed by atoms with Gasteiger partial charge in [0.25, 0.3) is 15.7 Å². The normalized spacial score (nSPS) is 11.3. The lowest BCUT2D eigenvalue weighted by Crippen LogP contribution is -2.14. The molecule has 0 spiro atoms. The number of nitro groups is 1. The van der Waals surface area contributed by atoms with E-state index >= 15 is 0 Å². The van der Waals surface area contributed by atoms with Crippen LogP contribution in [0.25, 0.3) is 0 Å². The van der Waals surface area contributed by atoms with Crippen LogP contribution in [0.5, 0.6) is 0 Å². The van der Waals surface area contributed by atoms with Crippen LogP contribution >= 0.6 is 11.8 Å². The molecule has 0 amide bonds. The van der Waals surface area contributed by atoms with Gasteiger partial charge in [0.2, 0.25) is 0 Å². The molecule has 0 fully saturated rings. The van der Waals surface area contributed by atoms with E-state index in [1.165, 1.54) is 36.9 Å². The lowest BCUT2D eigenvalue weighted by Gasteiger charge is -2.11. The van der Waals surface area contributed by atoms with Crippen molar-refractivity contribution >= 4 is 33.2 Å². The van der Waals surface area contributed by atoms with E-state index in [4.69, 9.17) is 0 Å². The van der Waals surface area contributed by atoms with Gasteiger partial charge < -0.3 is 4.57 Å². The molecule has 0 bridgehead atoms. The first kappa shape index (κ1) is 18.9. The second-order valence-electron chi connectivity index (χ2n) is 5.71. The zero-order valence-corrected chi connectivity index (χ0v) is 16.1. The summed E-state index contributed by atoms with van der Waals surface area (Å²) in [6.45, 7) is 1.42. The lowest BCUT2D eigenvalue weighted by atomic mass is 10.2. The first-order valence-electron chi connectivity index (χ1n) is 7.80. The van der Waals surface area contributed by atoms with Crippen LogP contribution in [0, 0.1) is 17.0 Å². The van der Waals surface area contributed by atoms with Crippen LogP contribution in [-0.2, 0) is 17.1 Å². The van der Waals surface area contributed by atoms with Gasteiger partial charge in [0, 0.05) is 41.7 Å². The largest absolute Gasteiger partial charge is 0.329 e. The average Bonchev–Trinajstić information content (AvgIpc) is 3.01. The molecule has 0 aliphatic carbocycles. The van der Waals surface area contributed by atoms with Crippen molar-refractivity contribution < 1.29 is 13.3 Å². The van der Waals surface area contributed by atoms with Gasteiger partial charge in [-0.2, -0.15) is 0 Å². The maximum absolute atomic E-state index is 12.6. The van der Waals surface area contributed by atoms with Crippen LogP contribution < -0.4 is 4.72 Å². The summed E-state index contributed by atoms with van der Waals surface area (Å²) >= 11 is 1.45. The molecule has 10 heteroatoms. The van der Waals surface area contributed by atoms with Crippen LogP contribution in [0.1, 0.15) is 5.56 Å². The summed E-state index contributed by atoms with van der Waals surface area (Å²) in [5.74, 6) is 0. The minimum atomic E-state index is -3.95. The molecule has 0 aliphatic rings. The SMILES string of the molecule is Cc1c([N+](=O)[O-])cccc1S(=O)(=O)Nc1ccc(Sc2nccn2C)cc1. The minimum Gasteiger partial charge on any atom is -0.329 e. The highest BCUT2D eigenvalue weighted by Crippen LogP contribution is 2.29. The van der Waals surface area contributed by atoms with Crippen LogP contribution in [-0.4, -0.2) is 22.9 Å². The van der Waals surface area contributed by atoms with Crippen molar-refractivity contribution in [2.24, 2.45) is 7.05 Å². The zero-order valence-electron chi connectivity index (χ0n) is 14.5. The highest BCUT2D eigenvalue weighted by atomic mass is 32.2. The molecule has 0 unspecified atom stereocenters. The Labute approximate surface area is 160 Å². The Morgan fingerprint density at radius 2 is 1.89 bits per heavy atom. The standard InChI is InChI=1S/C17H16N4O4S2/c1-12-15(21(22)23)4-3-5-16(12)27(24,25)19-13-6-8-14(9-7-13)26-17-18-10-11-20(17)2/h3-11,19H,1-2H3. The maximum Gasteiger partial charge on any atom is 0.273 e. The summed E-state index contributed by atoms with van der Waals surface area (Å²) < 4.78 is 29.6. The Kier molecular flexibility index (Phi) is 5.19. The highest BCUT2D eigenvalue weighted by molar-refractivity contribution is 7.99. The van der Waals surface area contributed by atoms with E-state index in [0.717, 1.165) is 10.1 Å². The van der Waals surface area contributed by atoms with Crippen LogP contribution in [0.15, 0.2) is 69.8 Å². The molecule has 140 valence electrons. The number of aryl methyl sites for hydroxylation is 1. The predicted molar refractivity (Wildman–Crippen MR) is 102 cm³/mol. The average molecular weight is 404 g/mol. The van der Waals surface area contributed by atoms with E-state index in [0.29, 0.717) is 5.69 Å². The summed E-state index contributed by atoms with van der Waals surface area (Å²) in [4.78, 5) is 15.4. The van der Waals surface area contributed by atoms with Crippen molar-refractivity contribution in [2.45, 2.75) is 21.9 Å². The molecule has 0 saturated heterocycles. The molecular formula is C17H16N4O4S2. The van der Waals surface area contributed by atoms with Gasteiger partial charge in [-0.25, -0.2) is 13.4 Å². The highest BCUT2D eigenvalue weighted by Gasteiger charge is 2.22. The van der Waals surface area contributed by atoms with Crippen molar-refractivity contribution in [3.63, 3.8) is 0 Å².